The van der Waals surface area contributed by atoms with E-state index in [1.807, 2.05) is 17.9 Å². The Morgan fingerprint density at radius 1 is 1.55 bits per heavy atom. The van der Waals surface area contributed by atoms with E-state index in [-0.39, 0.29) is 12.0 Å². The average molecular weight is 274 g/mol. The zero-order chi connectivity index (χ0) is 14.5. The van der Waals surface area contributed by atoms with Gasteiger partial charge in [0.15, 0.2) is 0 Å². The second-order valence-corrected chi connectivity index (χ2v) is 4.93. The summed E-state index contributed by atoms with van der Waals surface area (Å²) >= 11 is 0. The van der Waals surface area contributed by atoms with Crippen LogP contribution in [0.3, 0.4) is 0 Å². The summed E-state index contributed by atoms with van der Waals surface area (Å²) in [6.45, 7) is 2.64. The number of nitrogens with zero attached hydrogens (tertiary/aromatic N) is 4. The minimum atomic E-state index is -0.227. The minimum Gasteiger partial charge on any atom is -0.469 e. The van der Waals surface area contributed by atoms with Crippen LogP contribution in [0.5, 0.6) is 0 Å². The lowest BCUT2D eigenvalue weighted by Gasteiger charge is -2.35. The highest BCUT2D eigenvalue weighted by Crippen LogP contribution is 2.24. The molecule has 0 amide bonds. The minimum absolute atomic E-state index is 0.0459. The standard InChI is InChI=1S/C14H18N4O2/c1-10-7-11(9-15)17-14(16-10)18-6-4-3-5-12(18)8-13(19)20-2/h7,12H,3-6,8H2,1-2H3. The number of piperidine rings is 1. The fourth-order valence-electron chi connectivity index (χ4n) is 2.49. The van der Waals surface area contributed by atoms with Gasteiger partial charge in [-0.05, 0) is 32.3 Å². The molecule has 1 aromatic heterocycles. The first kappa shape index (κ1) is 14.3. The monoisotopic (exact) mass is 274 g/mol. The summed E-state index contributed by atoms with van der Waals surface area (Å²) in [4.78, 5) is 22.2. The molecule has 1 fully saturated rings. The van der Waals surface area contributed by atoms with Gasteiger partial charge in [0.1, 0.15) is 11.8 Å². The molecule has 2 heterocycles. The van der Waals surface area contributed by atoms with Crippen LogP contribution < -0.4 is 4.90 Å². The molecule has 106 valence electrons. The largest absolute Gasteiger partial charge is 0.469 e. The van der Waals surface area contributed by atoms with Crippen molar-refractivity contribution in [2.45, 2.75) is 38.6 Å². The summed E-state index contributed by atoms with van der Waals surface area (Å²) in [5, 5.41) is 9.00. The van der Waals surface area contributed by atoms with Crippen molar-refractivity contribution in [3.63, 3.8) is 0 Å². The highest BCUT2D eigenvalue weighted by Gasteiger charge is 2.27. The topological polar surface area (TPSA) is 79.1 Å². The molecular weight excluding hydrogens is 256 g/mol. The molecule has 0 aliphatic carbocycles. The normalized spacial score (nSPS) is 18.4. The lowest BCUT2D eigenvalue weighted by molar-refractivity contribution is -0.141. The molecule has 1 aromatic rings. The number of esters is 1. The Kier molecular flexibility index (Phi) is 4.51. The average Bonchev–Trinajstić information content (AvgIpc) is 2.47. The third kappa shape index (κ3) is 3.23. The predicted octanol–water partition coefficient (Wildman–Crippen LogP) is 1.58. The van der Waals surface area contributed by atoms with Gasteiger partial charge >= 0.3 is 5.97 Å². The smallest absolute Gasteiger partial charge is 0.307 e. The lowest BCUT2D eigenvalue weighted by Crippen LogP contribution is -2.42. The van der Waals surface area contributed by atoms with Gasteiger partial charge in [-0.2, -0.15) is 5.26 Å². The Morgan fingerprint density at radius 2 is 2.35 bits per heavy atom. The summed E-state index contributed by atoms with van der Waals surface area (Å²) in [6.07, 6.45) is 3.36. The molecule has 0 N–H and O–H groups in total. The van der Waals surface area contributed by atoms with Crippen LogP contribution in [0.2, 0.25) is 0 Å². The number of carbonyl (C=O) groups excluding carboxylic acids is 1. The van der Waals surface area contributed by atoms with Crippen LogP contribution in [0.15, 0.2) is 6.07 Å². The van der Waals surface area contributed by atoms with Crippen LogP contribution >= 0.6 is 0 Å². The van der Waals surface area contributed by atoms with Crippen LogP contribution in [-0.4, -0.2) is 35.6 Å². The van der Waals surface area contributed by atoms with Gasteiger partial charge in [0.2, 0.25) is 5.95 Å². The number of anilines is 1. The van der Waals surface area contributed by atoms with Crippen molar-refractivity contribution in [3.8, 4) is 6.07 Å². The Hall–Kier alpha value is -2.16. The fourth-order valence-corrected chi connectivity index (χ4v) is 2.49. The third-order valence-electron chi connectivity index (χ3n) is 3.47. The van der Waals surface area contributed by atoms with E-state index in [1.54, 1.807) is 6.07 Å². The summed E-state index contributed by atoms with van der Waals surface area (Å²) < 4.78 is 4.75. The number of aromatic nitrogens is 2. The number of aryl methyl sites for hydroxylation is 1. The molecule has 0 bridgehead atoms. The summed E-state index contributed by atoms with van der Waals surface area (Å²) in [6, 6.07) is 3.75. The van der Waals surface area contributed by atoms with Crippen molar-refractivity contribution in [3.05, 3.63) is 17.5 Å². The van der Waals surface area contributed by atoms with Gasteiger partial charge in [0.25, 0.3) is 0 Å². The molecule has 6 nitrogen and oxygen atoms in total. The van der Waals surface area contributed by atoms with Crippen molar-refractivity contribution in [1.82, 2.24) is 9.97 Å². The number of hydrogen-bond acceptors (Lipinski definition) is 6. The molecule has 0 spiro atoms. The molecule has 6 heteroatoms. The highest BCUT2D eigenvalue weighted by molar-refractivity contribution is 5.70. The Morgan fingerprint density at radius 3 is 3.05 bits per heavy atom. The number of rotatable bonds is 3. The number of hydrogen-bond donors (Lipinski definition) is 0. The second-order valence-electron chi connectivity index (χ2n) is 4.93. The van der Waals surface area contributed by atoms with Crippen LogP contribution in [0.4, 0.5) is 5.95 Å². The van der Waals surface area contributed by atoms with Gasteiger partial charge < -0.3 is 9.64 Å². The van der Waals surface area contributed by atoms with Crippen LogP contribution in [0, 0.1) is 18.3 Å². The fraction of sp³-hybridized carbons (Fsp3) is 0.571. The molecule has 1 unspecified atom stereocenters. The number of nitriles is 1. The molecule has 0 aromatic carbocycles. The van der Waals surface area contributed by atoms with E-state index >= 15 is 0 Å². The maximum Gasteiger partial charge on any atom is 0.307 e. The van der Waals surface area contributed by atoms with Crippen molar-refractivity contribution < 1.29 is 9.53 Å². The highest BCUT2D eigenvalue weighted by atomic mass is 16.5. The van der Waals surface area contributed by atoms with E-state index < -0.39 is 0 Å². The molecular formula is C14H18N4O2. The van der Waals surface area contributed by atoms with Crippen molar-refractivity contribution in [2.24, 2.45) is 0 Å². The quantitative estimate of drug-likeness (QED) is 0.779. The third-order valence-corrected chi connectivity index (χ3v) is 3.47. The lowest BCUT2D eigenvalue weighted by atomic mass is 10.00. The summed E-state index contributed by atoms with van der Waals surface area (Å²) in [5.41, 5.74) is 1.11. The van der Waals surface area contributed by atoms with E-state index in [0.29, 0.717) is 18.1 Å². The Balaban J connectivity index is 2.25. The van der Waals surface area contributed by atoms with Crippen LogP contribution in [0.25, 0.3) is 0 Å². The first-order valence-corrected chi connectivity index (χ1v) is 6.73. The number of methoxy groups -OCH3 is 1. The van der Waals surface area contributed by atoms with E-state index in [0.717, 1.165) is 31.5 Å². The van der Waals surface area contributed by atoms with E-state index in [9.17, 15) is 4.79 Å². The van der Waals surface area contributed by atoms with Gasteiger partial charge in [-0.25, -0.2) is 9.97 Å². The first-order chi connectivity index (χ1) is 9.63. The molecule has 1 aliphatic heterocycles. The Bertz CT molecular complexity index is 538. The molecule has 1 saturated heterocycles. The van der Waals surface area contributed by atoms with Crippen molar-refractivity contribution in [1.29, 1.82) is 5.26 Å². The summed E-state index contributed by atoms with van der Waals surface area (Å²) in [5.74, 6) is 0.310. The van der Waals surface area contributed by atoms with Crippen molar-refractivity contribution >= 4 is 11.9 Å². The maximum atomic E-state index is 11.5. The van der Waals surface area contributed by atoms with Gasteiger partial charge in [-0.1, -0.05) is 0 Å². The first-order valence-electron chi connectivity index (χ1n) is 6.73. The molecule has 0 saturated carbocycles. The molecule has 1 aliphatic rings. The van der Waals surface area contributed by atoms with Crippen molar-refractivity contribution in [2.75, 3.05) is 18.6 Å². The van der Waals surface area contributed by atoms with Crippen LogP contribution in [-0.2, 0) is 9.53 Å². The molecule has 20 heavy (non-hydrogen) atoms. The Labute approximate surface area is 118 Å². The predicted molar refractivity (Wildman–Crippen MR) is 73.1 cm³/mol. The molecule has 1 atom stereocenters. The van der Waals surface area contributed by atoms with Gasteiger partial charge in [-0.3, -0.25) is 4.79 Å². The van der Waals surface area contributed by atoms with Gasteiger partial charge in [0, 0.05) is 18.3 Å². The zero-order valence-corrected chi connectivity index (χ0v) is 11.8. The molecule has 2 rings (SSSR count). The van der Waals surface area contributed by atoms with Gasteiger partial charge in [-0.15, -0.1) is 0 Å². The van der Waals surface area contributed by atoms with Gasteiger partial charge in [0.05, 0.1) is 13.5 Å². The maximum absolute atomic E-state index is 11.5. The van der Waals surface area contributed by atoms with Crippen LogP contribution in [0.1, 0.15) is 37.1 Å². The SMILES string of the molecule is COC(=O)CC1CCCCN1c1nc(C)cc(C#N)n1. The molecule has 0 radical (unpaired) electrons. The van der Waals surface area contributed by atoms with E-state index in [2.05, 4.69) is 9.97 Å². The van der Waals surface area contributed by atoms with E-state index in [1.165, 1.54) is 7.11 Å². The zero-order valence-electron chi connectivity index (χ0n) is 11.8. The number of carbonyl (C=O) groups is 1. The summed E-state index contributed by atoms with van der Waals surface area (Å²) in [7, 11) is 1.40. The number of ether oxygens (including phenoxy) is 1. The van der Waals surface area contributed by atoms with E-state index in [4.69, 9.17) is 10.00 Å². The second kappa shape index (κ2) is 6.33.